The van der Waals surface area contributed by atoms with Crippen molar-refractivity contribution in [2.24, 2.45) is 0 Å². The molecule has 1 aromatic carbocycles. The first-order valence-electron chi connectivity index (χ1n) is 4.66. The molecule has 2 aromatic rings. The molecule has 1 N–H and O–H groups in total. The summed E-state index contributed by atoms with van der Waals surface area (Å²) in [7, 11) is 0. The van der Waals surface area contributed by atoms with E-state index in [1.54, 1.807) is 0 Å². The zero-order valence-corrected chi connectivity index (χ0v) is 9.30. The fourth-order valence-corrected chi connectivity index (χ4v) is 1.69. The lowest BCUT2D eigenvalue weighted by atomic mass is 10.1. The van der Waals surface area contributed by atoms with Crippen LogP contribution in [0.4, 0.5) is 13.8 Å². The Bertz CT molecular complexity index is 530. The molecular weight excluding hydrogens is 248 g/mol. The largest absolute Gasteiger partial charge is 0.315 e. The van der Waals surface area contributed by atoms with E-state index in [0.717, 1.165) is 29.7 Å². The normalized spacial score (nSPS) is 10.2. The molecule has 0 fully saturated rings. The Balaban J connectivity index is 2.05. The maximum absolute atomic E-state index is 13.2. The number of rotatable bonds is 3. The van der Waals surface area contributed by atoms with Gasteiger partial charge in [0.15, 0.2) is 0 Å². The van der Waals surface area contributed by atoms with Crippen molar-refractivity contribution in [3.63, 3.8) is 0 Å². The van der Waals surface area contributed by atoms with Gasteiger partial charge in [0.25, 0.3) is 0 Å². The summed E-state index contributed by atoms with van der Waals surface area (Å²) in [5.41, 5.74) is 0.0139. The number of benzene rings is 1. The molecular formula is C10H7F2N3OS. The van der Waals surface area contributed by atoms with Gasteiger partial charge in [-0.3, -0.25) is 4.79 Å². The lowest BCUT2D eigenvalue weighted by molar-refractivity contribution is -0.115. The molecule has 0 aliphatic carbocycles. The molecule has 1 aromatic heterocycles. The molecule has 0 saturated carbocycles. The fraction of sp³-hybridized carbons (Fsp3) is 0.100. The van der Waals surface area contributed by atoms with Crippen molar-refractivity contribution < 1.29 is 13.6 Å². The zero-order chi connectivity index (χ0) is 12.3. The highest BCUT2D eigenvalue weighted by molar-refractivity contribution is 7.10. The third-order valence-electron chi connectivity index (χ3n) is 1.98. The average molecular weight is 255 g/mol. The van der Waals surface area contributed by atoms with Gasteiger partial charge in [0.2, 0.25) is 5.91 Å². The third kappa shape index (κ3) is 3.04. The van der Waals surface area contributed by atoms with Crippen molar-refractivity contribution in [1.29, 1.82) is 0 Å². The van der Waals surface area contributed by atoms with E-state index in [0.29, 0.717) is 5.00 Å². The van der Waals surface area contributed by atoms with Crippen molar-refractivity contribution in [3.05, 3.63) is 41.6 Å². The van der Waals surface area contributed by atoms with E-state index < -0.39 is 17.5 Å². The van der Waals surface area contributed by atoms with Crippen LogP contribution in [0.3, 0.4) is 0 Å². The van der Waals surface area contributed by atoms with E-state index >= 15 is 0 Å². The van der Waals surface area contributed by atoms with E-state index in [2.05, 4.69) is 14.9 Å². The van der Waals surface area contributed by atoms with Crippen molar-refractivity contribution in [2.75, 3.05) is 5.32 Å². The minimum Gasteiger partial charge on any atom is -0.315 e. The van der Waals surface area contributed by atoms with Crippen LogP contribution in [-0.4, -0.2) is 15.5 Å². The van der Waals surface area contributed by atoms with Crippen LogP contribution in [0.1, 0.15) is 5.56 Å². The summed E-state index contributed by atoms with van der Waals surface area (Å²) in [6, 6.07) is 3.00. The molecule has 0 aliphatic rings. The number of halogens is 2. The monoisotopic (exact) mass is 255 g/mol. The number of carbonyl (C=O) groups excluding carboxylic acids is 1. The van der Waals surface area contributed by atoms with Crippen molar-refractivity contribution in [1.82, 2.24) is 9.59 Å². The second kappa shape index (κ2) is 4.96. The predicted molar refractivity (Wildman–Crippen MR) is 58.6 cm³/mol. The molecule has 88 valence electrons. The van der Waals surface area contributed by atoms with Crippen LogP contribution in [-0.2, 0) is 11.2 Å². The van der Waals surface area contributed by atoms with Crippen molar-refractivity contribution >= 4 is 22.4 Å². The molecule has 2 rings (SSSR count). The number of carbonyl (C=O) groups is 1. The van der Waals surface area contributed by atoms with Crippen LogP contribution in [0.2, 0.25) is 0 Å². The van der Waals surface area contributed by atoms with Gasteiger partial charge >= 0.3 is 0 Å². The summed E-state index contributed by atoms with van der Waals surface area (Å²) in [6.07, 6.45) is 1.14. The number of aromatic nitrogens is 2. The third-order valence-corrected chi connectivity index (χ3v) is 2.56. The summed E-state index contributed by atoms with van der Waals surface area (Å²) >= 11 is 1.01. The van der Waals surface area contributed by atoms with Gasteiger partial charge in [-0.05, 0) is 18.2 Å². The second-order valence-corrected chi connectivity index (χ2v) is 4.03. The maximum atomic E-state index is 13.2. The smallest absolute Gasteiger partial charge is 0.229 e. The van der Waals surface area contributed by atoms with Crippen molar-refractivity contribution in [3.8, 4) is 0 Å². The molecule has 0 spiro atoms. The molecule has 1 heterocycles. The Morgan fingerprint density at radius 1 is 1.41 bits per heavy atom. The second-order valence-electron chi connectivity index (χ2n) is 3.24. The van der Waals surface area contributed by atoms with Crippen LogP contribution in [0.5, 0.6) is 0 Å². The summed E-state index contributed by atoms with van der Waals surface area (Å²) < 4.78 is 29.7. The van der Waals surface area contributed by atoms with E-state index in [9.17, 15) is 13.6 Å². The number of nitrogens with zero attached hydrogens (tertiary/aromatic N) is 2. The molecule has 0 radical (unpaired) electrons. The highest BCUT2D eigenvalue weighted by Crippen LogP contribution is 2.13. The van der Waals surface area contributed by atoms with Gasteiger partial charge in [-0.1, -0.05) is 4.49 Å². The first kappa shape index (κ1) is 11.6. The molecule has 0 bridgehead atoms. The SMILES string of the molecule is O=C(Cc1cc(F)ccc1F)Nc1cnns1. The van der Waals surface area contributed by atoms with E-state index in [4.69, 9.17) is 0 Å². The van der Waals surface area contributed by atoms with Gasteiger partial charge < -0.3 is 5.32 Å². The Morgan fingerprint density at radius 3 is 2.94 bits per heavy atom. The molecule has 1 amide bonds. The van der Waals surface area contributed by atoms with Gasteiger partial charge in [0.1, 0.15) is 16.6 Å². The molecule has 0 unspecified atom stereocenters. The highest BCUT2D eigenvalue weighted by Gasteiger charge is 2.10. The van der Waals surface area contributed by atoms with Gasteiger partial charge in [0, 0.05) is 17.1 Å². The lowest BCUT2D eigenvalue weighted by Crippen LogP contribution is -2.14. The molecule has 0 atom stereocenters. The van der Waals surface area contributed by atoms with Crippen LogP contribution < -0.4 is 5.32 Å². The quantitative estimate of drug-likeness (QED) is 0.912. The Labute approximate surface area is 99.5 Å². The van der Waals surface area contributed by atoms with Crippen LogP contribution in [0, 0.1) is 11.6 Å². The zero-order valence-electron chi connectivity index (χ0n) is 8.48. The molecule has 17 heavy (non-hydrogen) atoms. The Kier molecular flexibility index (Phi) is 3.38. The van der Waals surface area contributed by atoms with Gasteiger partial charge in [-0.25, -0.2) is 8.78 Å². The highest BCUT2D eigenvalue weighted by atomic mass is 32.1. The summed E-state index contributed by atoms with van der Waals surface area (Å²) in [5, 5.41) is 6.48. The maximum Gasteiger partial charge on any atom is 0.229 e. The minimum atomic E-state index is -0.607. The Morgan fingerprint density at radius 2 is 2.24 bits per heavy atom. The number of hydrogen-bond donors (Lipinski definition) is 1. The molecule has 0 aliphatic heterocycles. The number of nitrogens with one attached hydrogen (secondary N) is 1. The van der Waals surface area contributed by atoms with E-state index in [1.807, 2.05) is 0 Å². The molecule has 4 nitrogen and oxygen atoms in total. The molecule has 0 saturated heterocycles. The van der Waals surface area contributed by atoms with Gasteiger partial charge in [-0.15, -0.1) is 5.10 Å². The van der Waals surface area contributed by atoms with Crippen molar-refractivity contribution in [2.45, 2.75) is 6.42 Å². The van der Waals surface area contributed by atoms with E-state index in [1.165, 1.54) is 6.20 Å². The number of hydrogen-bond acceptors (Lipinski definition) is 4. The summed E-state index contributed by atoms with van der Waals surface area (Å²) in [4.78, 5) is 11.5. The first-order chi connectivity index (χ1) is 8.15. The standard InChI is InChI=1S/C10H7F2N3OS/c11-7-1-2-8(12)6(3-7)4-9(16)14-10-5-13-15-17-10/h1-3,5H,4H2,(H,14,16). The topological polar surface area (TPSA) is 54.9 Å². The minimum absolute atomic E-state index is 0.0139. The predicted octanol–water partition coefficient (Wildman–Crippen LogP) is 2.00. The van der Waals surface area contributed by atoms with Crippen LogP contribution in [0.25, 0.3) is 0 Å². The van der Waals surface area contributed by atoms with Crippen LogP contribution in [0.15, 0.2) is 24.4 Å². The van der Waals surface area contributed by atoms with Crippen LogP contribution >= 0.6 is 11.5 Å². The lowest BCUT2D eigenvalue weighted by Gasteiger charge is -2.03. The van der Waals surface area contributed by atoms with E-state index in [-0.39, 0.29) is 12.0 Å². The summed E-state index contributed by atoms with van der Waals surface area (Å²) in [5.74, 6) is -1.63. The number of amides is 1. The van der Waals surface area contributed by atoms with Gasteiger partial charge in [0.05, 0.1) is 12.6 Å². The molecule has 7 heteroatoms. The van der Waals surface area contributed by atoms with Gasteiger partial charge in [-0.2, -0.15) is 0 Å². The fourth-order valence-electron chi connectivity index (χ4n) is 1.26. The number of anilines is 1. The first-order valence-corrected chi connectivity index (χ1v) is 5.43. The summed E-state index contributed by atoms with van der Waals surface area (Å²) in [6.45, 7) is 0. The average Bonchev–Trinajstić information content (AvgIpc) is 2.76. The Hall–Kier alpha value is -1.89.